The van der Waals surface area contributed by atoms with Crippen LogP contribution in [0.1, 0.15) is 48.5 Å². The van der Waals surface area contributed by atoms with Crippen LogP contribution >= 0.6 is 35.3 Å². The number of guanidine groups is 1. The van der Waals surface area contributed by atoms with Crippen molar-refractivity contribution in [3.8, 4) is 0 Å². The molecule has 0 amide bonds. The monoisotopic (exact) mass is 565 g/mol. The second kappa shape index (κ2) is 12.6. The summed E-state index contributed by atoms with van der Waals surface area (Å²) in [6.45, 7) is 11.8. The molecule has 0 atom stereocenters. The highest BCUT2D eigenvalue weighted by atomic mass is 127. The van der Waals surface area contributed by atoms with Gasteiger partial charge in [0, 0.05) is 25.0 Å². The van der Waals surface area contributed by atoms with Crippen molar-refractivity contribution < 1.29 is 8.42 Å². The van der Waals surface area contributed by atoms with Crippen LogP contribution in [0.2, 0.25) is 0 Å². The molecular formula is C20H32IN5O2S2. The van der Waals surface area contributed by atoms with Gasteiger partial charge in [0.25, 0.3) is 0 Å². The van der Waals surface area contributed by atoms with Crippen molar-refractivity contribution in [2.45, 2.75) is 52.0 Å². The Bertz CT molecular complexity index is 942. The fourth-order valence-electron chi connectivity index (χ4n) is 2.59. The van der Waals surface area contributed by atoms with E-state index in [1.54, 1.807) is 24.3 Å². The van der Waals surface area contributed by atoms with E-state index in [4.69, 9.17) is 0 Å². The summed E-state index contributed by atoms with van der Waals surface area (Å²) in [7, 11) is -3.54. The molecule has 0 bridgehead atoms. The number of aromatic nitrogens is 1. The predicted octanol–water partition coefficient (Wildman–Crippen LogP) is 3.53. The van der Waals surface area contributed by atoms with Crippen molar-refractivity contribution in [3.05, 3.63) is 45.4 Å². The lowest BCUT2D eigenvalue weighted by Gasteiger charge is -2.13. The average molecular weight is 566 g/mol. The molecule has 30 heavy (non-hydrogen) atoms. The number of rotatable bonds is 9. The minimum Gasteiger partial charge on any atom is -0.357 e. The van der Waals surface area contributed by atoms with Crippen LogP contribution < -0.4 is 15.4 Å². The zero-order valence-electron chi connectivity index (χ0n) is 18.2. The molecule has 168 valence electrons. The van der Waals surface area contributed by atoms with Gasteiger partial charge in [-0.2, -0.15) is 0 Å². The number of nitrogens with zero attached hydrogens (tertiary/aromatic N) is 2. The van der Waals surface area contributed by atoms with E-state index < -0.39 is 10.0 Å². The molecule has 0 saturated heterocycles. The van der Waals surface area contributed by atoms with E-state index in [0.717, 1.165) is 28.4 Å². The third kappa shape index (κ3) is 8.12. The lowest BCUT2D eigenvalue weighted by molar-refractivity contribution is 0.580. The zero-order chi connectivity index (χ0) is 21.4. The van der Waals surface area contributed by atoms with Crippen molar-refractivity contribution in [3.63, 3.8) is 0 Å². The van der Waals surface area contributed by atoms with Gasteiger partial charge in [-0.05, 0) is 43.9 Å². The van der Waals surface area contributed by atoms with Crippen molar-refractivity contribution in [1.29, 1.82) is 0 Å². The SMILES string of the molecule is CCNC(=NCc1nc(C(C)C)cs1)NCCNS(=O)(=O)c1cc(C)ccc1C.I. The summed E-state index contributed by atoms with van der Waals surface area (Å²) in [6.07, 6.45) is 0. The maximum absolute atomic E-state index is 12.6. The normalized spacial score (nSPS) is 12.0. The molecular weight excluding hydrogens is 533 g/mol. The van der Waals surface area contributed by atoms with Gasteiger partial charge in [-0.25, -0.2) is 23.1 Å². The molecule has 2 aromatic rings. The molecule has 0 aliphatic heterocycles. The molecule has 0 aliphatic carbocycles. The first-order valence-electron chi connectivity index (χ1n) is 9.76. The average Bonchev–Trinajstić information content (AvgIpc) is 3.14. The number of hydrogen-bond acceptors (Lipinski definition) is 5. The fourth-order valence-corrected chi connectivity index (χ4v) is 4.83. The van der Waals surface area contributed by atoms with Gasteiger partial charge in [-0.3, -0.25) is 0 Å². The maximum atomic E-state index is 12.6. The van der Waals surface area contributed by atoms with E-state index in [9.17, 15) is 8.42 Å². The van der Waals surface area contributed by atoms with Crippen LogP contribution in [0.25, 0.3) is 0 Å². The van der Waals surface area contributed by atoms with E-state index in [0.29, 0.717) is 29.9 Å². The number of hydrogen-bond donors (Lipinski definition) is 3. The van der Waals surface area contributed by atoms with Crippen LogP contribution in [-0.4, -0.2) is 39.0 Å². The van der Waals surface area contributed by atoms with E-state index in [1.807, 2.05) is 26.0 Å². The molecule has 2 rings (SSSR count). The van der Waals surface area contributed by atoms with Crippen molar-refractivity contribution >= 4 is 51.3 Å². The second-order valence-corrected chi connectivity index (χ2v) is 9.79. The van der Waals surface area contributed by atoms with Gasteiger partial charge in [-0.15, -0.1) is 35.3 Å². The number of aliphatic imine (C=N–C) groups is 1. The maximum Gasteiger partial charge on any atom is 0.240 e. The fraction of sp³-hybridized carbons (Fsp3) is 0.500. The Morgan fingerprint density at radius 2 is 1.93 bits per heavy atom. The van der Waals surface area contributed by atoms with E-state index in [-0.39, 0.29) is 30.5 Å². The molecule has 0 radical (unpaired) electrons. The summed E-state index contributed by atoms with van der Waals surface area (Å²) in [6, 6.07) is 5.42. The van der Waals surface area contributed by atoms with Gasteiger partial charge >= 0.3 is 0 Å². The minimum atomic E-state index is -3.54. The lowest BCUT2D eigenvalue weighted by Crippen LogP contribution is -2.41. The summed E-state index contributed by atoms with van der Waals surface area (Å²) >= 11 is 1.60. The summed E-state index contributed by atoms with van der Waals surface area (Å²) in [5.74, 6) is 1.04. The summed E-state index contributed by atoms with van der Waals surface area (Å²) in [5.41, 5.74) is 2.73. The topological polar surface area (TPSA) is 95.5 Å². The Hall–Kier alpha value is -1.24. The number of aryl methyl sites for hydroxylation is 2. The van der Waals surface area contributed by atoms with Gasteiger partial charge in [0.1, 0.15) is 5.01 Å². The Labute approximate surface area is 201 Å². The molecule has 0 unspecified atom stereocenters. The third-order valence-corrected chi connectivity index (χ3v) is 6.68. The highest BCUT2D eigenvalue weighted by Gasteiger charge is 2.16. The smallest absolute Gasteiger partial charge is 0.240 e. The van der Waals surface area contributed by atoms with Crippen LogP contribution in [0.5, 0.6) is 0 Å². The van der Waals surface area contributed by atoms with Crippen LogP contribution in [0.4, 0.5) is 0 Å². The standard InChI is InChI=1S/C20H31N5O2S2.HI/c1-6-21-20(23-12-19-25-17(13-28-19)14(2)3)22-9-10-24-29(26,27)18-11-15(4)7-8-16(18)5;/h7-8,11,13-14,24H,6,9-10,12H2,1-5H3,(H2,21,22,23);1H. The van der Waals surface area contributed by atoms with Gasteiger partial charge in [0.05, 0.1) is 17.1 Å². The number of halogens is 1. The number of benzene rings is 1. The first-order valence-corrected chi connectivity index (χ1v) is 12.1. The highest BCUT2D eigenvalue weighted by molar-refractivity contribution is 14.0. The minimum absolute atomic E-state index is 0. The molecule has 1 aromatic heterocycles. The molecule has 0 spiro atoms. The molecule has 7 nitrogen and oxygen atoms in total. The van der Waals surface area contributed by atoms with Crippen LogP contribution in [0, 0.1) is 13.8 Å². The molecule has 3 N–H and O–H groups in total. The molecule has 1 heterocycles. The Morgan fingerprint density at radius 1 is 1.20 bits per heavy atom. The van der Waals surface area contributed by atoms with Crippen LogP contribution in [0.3, 0.4) is 0 Å². The number of nitrogens with one attached hydrogen (secondary N) is 3. The van der Waals surface area contributed by atoms with Gasteiger partial charge < -0.3 is 10.6 Å². The van der Waals surface area contributed by atoms with Crippen LogP contribution in [0.15, 0.2) is 33.5 Å². The predicted molar refractivity (Wildman–Crippen MR) is 136 cm³/mol. The first-order chi connectivity index (χ1) is 13.7. The van der Waals surface area contributed by atoms with Gasteiger partial charge in [-0.1, -0.05) is 26.0 Å². The molecule has 1 aromatic carbocycles. The zero-order valence-corrected chi connectivity index (χ0v) is 22.1. The van der Waals surface area contributed by atoms with E-state index in [2.05, 4.69) is 44.6 Å². The summed E-state index contributed by atoms with van der Waals surface area (Å²) in [5, 5.41) is 9.35. The Balaban J connectivity index is 0.00000450. The molecule has 0 aliphatic rings. The molecule has 0 saturated carbocycles. The summed E-state index contributed by atoms with van der Waals surface area (Å²) in [4.78, 5) is 9.45. The molecule has 10 heteroatoms. The molecule has 0 fully saturated rings. The van der Waals surface area contributed by atoms with Crippen LogP contribution in [-0.2, 0) is 16.6 Å². The number of thiazole rings is 1. The van der Waals surface area contributed by atoms with Crippen molar-refractivity contribution in [2.24, 2.45) is 4.99 Å². The van der Waals surface area contributed by atoms with Crippen molar-refractivity contribution in [2.75, 3.05) is 19.6 Å². The lowest BCUT2D eigenvalue weighted by atomic mass is 10.2. The Morgan fingerprint density at radius 3 is 2.57 bits per heavy atom. The van der Waals surface area contributed by atoms with E-state index >= 15 is 0 Å². The summed E-state index contributed by atoms with van der Waals surface area (Å²) < 4.78 is 27.8. The Kier molecular flexibility index (Phi) is 11.2. The highest BCUT2D eigenvalue weighted by Crippen LogP contribution is 2.18. The quantitative estimate of drug-likeness (QED) is 0.187. The van der Waals surface area contributed by atoms with Crippen molar-refractivity contribution in [1.82, 2.24) is 20.3 Å². The second-order valence-electron chi connectivity index (χ2n) is 7.11. The third-order valence-electron chi connectivity index (χ3n) is 4.22. The largest absolute Gasteiger partial charge is 0.357 e. The first kappa shape index (κ1) is 26.8. The van der Waals surface area contributed by atoms with E-state index in [1.165, 1.54) is 0 Å². The van der Waals surface area contributed by atoms with Gasteiger partial charge in [0.15, 0.2) is 5.96 Å². The van der Waals surface area contributed by atoms with Gasteiger partial charge in [0.2, 0.25) is 10.0 Å². The number of sulfonamides is 1.